The van der Waals surface area contributed by atoms with Crippen LogP contribution < -0.4 is 10.9 Å². The average Bonchev–Trinajstić information content (AvgIpc) is 2.47. The van der Waals surface area contributed by atoms with Crippen molar-refractivity contribution in [3.63, 3.8) is 0 Å². The highest BCUT2D eigenvalue weighted by atomic mass is 35.5. The smallest absolute Gasteiger partial charge is 0.287 e. The van der Waals surface area contributed by atoms with Crippen molar-refractivity contribution in [2.45, 2.75) is 19.5 Å². The summed E-state index contributed by atoms with van der Waals surface area (Å²) in [7, 11) is 0. The summed E-state index contributed by atoms with van der Waals surface area (Å²) in [6, 6.07) is 7.40. The van der Waals surface area contributed by atoms with Crippen molar-refractivity contribution in [1.82, 2.24) is 9.78 Å². The first kappa shape index (κ1) is 15.6. The highest BCUT2D eigenvalue weighted by Gasteiger charge is 2.13. The Morgan fingerprint density at radius 2 is 2.14 bits per heavy atom. The monoisotopic (exact) mass is 323 g/mol. The van der Waals surface area contributed by atoms with E-state index in [4.69, 9.17) is 23.2 Å². The molecular weight excluding hydrogens is 309 g/mol. The third-order valence-electron chi connectivity index (χ3n) is 3.03. The van der Waals surface area contributed by atoms with Crippen molar-refractivity contribution in [2.24, 2.45) is 0 Å². The zero-order valence-corrected chi connectivity index (χ0v) is 13.0. The van der Waals surface area contributed by atoms with Crippen LogP contribution in [0, 0.1) is 0 Å². The van der Waals surface area contributed by atoms with Gasteiger partial charge in [-0.25, -0.2) is 4.68 Å². The molecule has 0 amide bonds. The second-order valence-electron chi connectivity index (χ2n) is 4.54. The molecule has 2 aromatic rings. The molecule has 0 spiro atoms. The fraction of sp³-hybridized carbons (Fsp3) is 0.200. The molecule has 21 heavy (non-hydrogen) atoms. The van der Waals surface area contributed by atoms with Crippen LogP contribution in [0.5, 0.6) is 0 Å². The van der Waals surface area contributed by atoms with Gasteiger partial charge in [0, 0.05) is 5.02 Å². The standard InChI is InChI=1S/C15H15Cl2N3O/c1-3-8-20-15(21)14(17)13(9-18-20)19-10(2)11-6-4-5-7-12(11)16/h3-7,9-10,19H,1,8H2,2H3. The molecule has 0 saturated carbocycles. The zero-order chi connectivity index (χ0) is 15.4. The molecule has 1 aromatic heterocycles. The van der Waals surface area contributed by atoms with E-state index >= 15 is 0 Å². The molecule has 0 aliphatic heterocycles. The molecule has 0 fully saturated rings. The predicted molar refractivity (Wildman–Crippen MR) is 87.2 cm³/mol. The summed E-state index contributed by atoms with van der Waals surface area (Å²) in [4.78, 5) is 12.0. The summed E-state index contributed by atoms with van der Waals surface area (Å²) in [5, 5.41) is 7.97. The molecule has 0 aliphatic rings. The topological polar surface area (TPSA) is 46.9 Å². The van der Waals surface area contributed by atoms with E-state index in [1.165, 1.54) is 10.9 Å². The fourth-order valence-corrected chi connectivity index (χ4v) is 2.46. The zero-order valence-electron chi connectivity index (χ0n) is 11.5. The van der Waals surface area contributed by atoms with Crippen molar-refractivity contribution in [1.29, 1.82) is 0 Å². The number of allylic oxidation sites excluding steroid dienone is 1. The molecule has 0 saturated heterocycles. The minimum Gasteiger partial charge on any atom is -0.376 e. The molecule has 2 rings (SSSR count). The number of anilines is 1. The Labute approximate surface area is 133 Å². The predicted octanol–water partition coefficient (Wildman–Crippen LogP) is 3.91. The SMILES string of the molecule is C=CCn1ncc(NC(C)c2ccccc2Cl)c(Cl)c1=O. The molecule has 1 aromatic carbocycles. The highest BCUT2D eigenvalue weighted by Crippen LogP contribution is 2.27. The highest BCUT2D eigenvalue weighted by molar-refractivity contribution is 6.33. The minimum absolute atomic E-state index is 0.103. The first-order chi connectivity index (χ1) is 10.0. The molecule has 1 atom stereocenters. The number of benzene rings is 1. The number of rotatable bonds is 5. The lowest BCUT2D eigenvalue weighted by atomic mass is 10.1. The van der Waals surface area contributed by atoms with Gasteiger partial charge in [0.15, 0.2) is 0 Å². The first-order valence-electron chi connectivity index (χ1n) is 6.42. The Bertz CT molecular complexity index is 712. The van der Waals surface area contributed by atoms with Crippen molar-refractivity contribution < 1.29 is 0 Å². The summed E-state index contributed by atoms with van der Waals surface area (Å²) in [5.74, 6) is 0. The van der Waals surface area contributed by atoms with Gasteiger partial charge in [0.1, 0.15) is 5.02 Å². The number of halogens is 2. The van der Waals surface area contributed by atoms with Gasteiger partial charge < -0.3 is 5.32 Å². The number of hydrogen-bond donors (Lipinski definition) is 1. The van der Waals surface area contributed by atoms with E-state index in [1.807, 2.05) is 31.2 Å². The van der Waals surface area contributed by atoms with E-state index in [-0.39, 0.29) is 16.6 Å². The normalized spacial score (nSPS) is 12.0. The van der Waals surface area contributed by atoms with Gasteiger partial charge in [-0.2, -0.15) is 5.10 Å². The van der Waals surface area contributed by atoms with Crippen LogP contribution in [0.4, 0.5) is 5.69 Å². The lowest BCUT2D eigenvalue weighted by Gasteiger charge is -2.17. The molecule has 1 N–H and O–H groups in total. The lowest BCUT2D eigenvalue weighted by Crippen LogP contribution is -2.24. The second kappa shape index (κ2) is 6.78. The Balaban J connectivity index is 2.28. The van der Waals surface area contributed by atoms with Crippen molar-refractivity contribution in [3.05, 3.63) is 69.1 Å². The van der Waals surface area contributed by atoms with Crippen LogP contribution in [-0.2, 0) is 6.54 Å². The van der Waals surface area contributed by atoms with Crippen LogP contribution in [-0.4, -0.2) is 9.78 Å². The van der Waals surface area contributed by atoms with Gasteiger partial charge in [-0.05, 0) is 18.6 Å². The third-order valence-corrected chi connectivity index (χ3v) is 3.74. The van der Waals surface area contributed by atoms with Crippen molar-refractivity contribution >= 4 is 28.9 Å². The van der Waals surface area contributed by atoms with Gasteiger partial charge in [-0.15, -0.1) is 6.58 Å². The molecular formula is C15H15Cl2N3O. The van der Waals surface area contributed by atoms with Gasteiger partial charge in [0.05, 0.1) is 24.5 Å². The summed E-state index contributed by atoms with van der Waals surface area (Å²) >= 11 is 12.3. The second-order valence-corrected chi connectivity index (χ2v) is 5.32. The Morgan fingerprint density at radius 1 is 1.43 bits per heavy atom. The van der Waals surface area contributed by atoms with Gasteiger partial charge in [-0.3, -0.25) is 4.79 Å². The summed E-state index contributed by atoms with van der Waals surface area (Å²) in [5.41, 5.74) is 1.05. The van der Waals surface area contributed by atoms with E-state index in [9.17, 15) is 4.79 Å². The Morgan fingerprint density at radius 3 is 2.81 bits per heavy atom. The number of hydrogen-bond acceptors (Lipinski definition) is 3. The largest absolute Gasteiger partial charge is 0.376 e. The van der Waals surface area contributed by atoms with Crippen LogP contribution >= 0.6 is 23.2 Å². The van der Waals surface area contributed by atoms with Crippen LogP contribution in [0.2, 0.25) is 10.0 Å². The maximum atomic E-state index is 12.0. The third kappa shape index (κ3) is 3.46. The van der Waals surface area contributed by atoms with E-state index in [2.05, 4.69) is 17.0 Å². The Hall–Kier alpha value is -1.78. The van der Waals surface area contributed by atoms with Crippen LogP contribution in [0.25, 0.3) is 0 Å². The van der Waals surface area contributed by atoms with Gasteiger partial charge in [0.25, 0.3) is 5.56 Å². The molecule has 6 heteroatoms. The van der Waals surface area contributed by atoms with Crippen LogP contribution in [0.15, 0.2) is 47.9 Å². The average molecular weight is 324 g/mol. The first-order valence-corrected chi connectivity index (χ1v) is 7.17. The van der Waals surface area contributed by atoms with E-state index in [0.29, 0.717) is 17.3 Å². The maximum absolute atomic E-state index is 12.0. The van der Waals surface area contributed by atoms with E-state index in [1.54, 1.807) is 6.08 Å². The minimum atomic E-state index is -0.354. The molecule has 1 heterocycles. The molecule has 4 nitrogen and oxygen atoms in total. The molecule has 0 bridgehead atoms. The number of nitrogens with zero attached hydrogens (tertiary/aromatic N) is 2. The molecule has 0 radical (unpaired) electrons. The van der Waals surface area contributed by atoms with Gasteiger partial charge in [0.2, 0.25) is 0 Å². The molecule has 110 valence electrons. The van der Waals surface area contributed by atoms with Gasteiger partial charge >= 0.3 is 0 Å². The quantitative estimate of drug-likeness (QED) is 0.848. The Kier molecular flexibility index (Phi) is 5.04. The van der Waals surface area contributed by atoms with E-state index < -0.39 is 0 Å². The van der Waals surface area contributed by atoms with Gasteiger partial charge in [-0.1, -0.05) is 47.5 Å². The van der Waals surface area contributed by atoms with Crippen molar-refractivity contribution in [2.75, 3.05) is 5.32 Å². The molecule has 1 unspecified atom stereocenters. The fourth-order valence-electron chi connectivity index (χ4n) is 1.96. The van der Waals surface area contributed by atoms with Crippen LogP contribution in [0.3, 0.4) is 0 Å². The van der Waals surface area contributed by atoms with Crippen molar-refractivity contribution in [3.8, 4) is 0 Å². The number of aromatic nitrogens is 2. The number of nitrogens with one attached hydrogen (secondary N) is 1. The van der Waals surface area contributed by atoms with Crippen LogP contribution in [0.1, 0.15) is 18.5 Å². The van der Waals surface area contributed by atoms with E-state index in [0.717, 1.165) is 5.56 Å². The molecule has 0 aliphatic carbocycles. The summed E-state index contributed by atoms with van der Waals surface area (Å²) < 4.78 is 1.25. The lowest BCUT2D eigenvalue weighted by molar-refractivity contribution is 0.652. The summed E-state index contributed by atoms with van der Waals surface area (Å²) in [6.45, 7) is 5.83. The maximum Gasteiger partial charge on any atom is 0.287 e. The summed E-state index contributed by atoms with van der Waals surface area (Å²) in [6.07, 6.45) is 3.12.